The highest BCUT2D eigenvalue weighted by Gasteiger charge is 2.39. The van der Waals surface area contributed by atoms with E-state index < -0.39 is 27.9 Å². The Kier molecular flexibility index (Phi) is 4.97. The Morgan fingerprint density at radius 3 is 2.66 bits per heavy atom. The second kappa shape index (κ2) is 7.83. The van der Waals surface area contributed by atoms with Crippen LogP contribution in [0.1, 0.15) is 28.8 Å². The van der Waals surface area contributed by atoms with Gasteiger partial charge in [0.15, 0.2) is 17.3 Å². The molecule has 3 heterocycles. The van der Waals surface area contributed by atoms with Gasteiger partial charge in [-0.1, -0.05) is 12.1 Å². The molecule has 10 nitrogen and oxygen atoms in total. The predicted molar refractivity (Wildman–Crippen MR) is 113 cm³/mol. The molecule has 0 unspecified atom stereocenters. The largest absolute Gasteiger partial charge is 0.486 e. The summed E-state index contributed by atoms with van der Waals surface area (Å²) in [6.07, 6.45) is 1.20. The molecule has 3 aliphatic heterocycles. The monoisotopic (exact) mass is 456 g/mol. The van der Waals surface area contributed by atoms with Crippen LogP contribution in [-0.4, -0.2) is 56.8 Å². The van der Waals surface area contributed by atoms with Crippen molar-refractivity contribution in [3.63, 3.8) is 0 Å². The number of hydrazine groups is 1. The minimum atomic E-state index is -3.79. The Morgan fingerprint density at radius 2 is 1.81 bits per heavy atom. The quantitative estimate of drug-likeness (QED) is 0.641. The third kappa shape index (κ3) is 3.54. The van der Waals surface area contributed by atoms with Gasteiger partial charge in [-0.05, 0) is 43.2 Å². The molecule has 166 valence electrons. The summed E-state index contributed by atoms with van der Waals surface area (Å²) in [5.41, 5.74) is 5.64. The fourth-order valence-electron chi connectivity index (χ4n) is 4.05. The fourth-order valence-corrected chi connectivity index (χ4v) is 5.26. The Hall–Kier alpha value is -3.60. The molecule has 2 aromatic rings. The summed E-state index contributed by atoms with van der Waals surface area (Å²) in [4.78, 5) is 27.1. The number of likely N-dealkylation sites (tertiary alicyclic amines) is 1. The van der Waals surface area contributed by atoms with E-state index in [2.05, 4.69) is 15.2 Å². The second-order valence-electron chi connectivity index (χ2n) is 7.54. The number of sulfonamides is 1. The summed E-state index contributed by atoms with van der Waals surface area (Å²) in [5, 5.41) is 0. The van der Waals surface area contributed by atoms with E-state index in [9.17, 15) is 18.0 Å². The maximum Gasteiger partial charge on any atom is 0.285 e. The number of hydrogen-bond acceptors (Lipinski definition) is 7. The van der Waals surface area contributed by atoms with Gasteiger partial charge in [-0.3, -0.25) is 20.4 Å². The molecule has 11 heteroatoms. The Morgan fingerprint density at radius 1 is 1.03 bits per heavy atom. The van der Waals surface area contributed by atoms with E-state index in [4.69, 9.17) is 9.47 Å². The molecule has 0 radical (unpaired) electrons. The standard InChI is InChI=1S/C21H20N4O6S/c26-20(13-7-8-16-17(12-13)31-11-10-30-16)22-23-21(27)15-5-3-9-25(15)19-14-4-1-2-6-18(14)32(28,29)24-19/h1-2,4,6-8,12,15H,3,5,9-11H2,(H,22,26)(H,23,27)/t15-/m0/s1. The number of rotatable bonds is 2. The van der Waals surface area contributed by atoms with Crippen molar-refractivity contribution >= 4 is 27.7 Å². The number of nitrogens with one attached hydrogen (secondary N) is 2. The molecule has 0 saturated carbocycles. The van der Waals surface area contributed by atoms with Crippen molar-refractivity contribution in [2.75, 3.05) is 19.8 Å². The van der Waals surface area contributed by atoms with Crippen molar-refractivity contribution in [1.82, 2.24) is 15.8 Å². The lowest BCUT2D eigenvalue weighted by Gasteiger charge is -2.25. The maximum absolute atomic E-state index is 12.8. The van der Waals surface area contributed by atoms with Crippen molar-refractivity contribution in [3.05, 3.63) is 53.6 Å². The third-order valence-corrected chi connectivity index (χ3v) is 6.87. The summed E-state index contributed by atoms with van der Waals surface area (Å²) in [5.74, 6) is 0.336. The summed E-state index contributed by atoms with van der Waals surface area (Å²) < 4.78 is 39.6. The first-order valence-corrected chi connectivity index (χ1v) is 11.6. The molecule has 3 aliphatic rings. The number of amidine groups is 1. The molecule has 1 fully saturated rings. The first-order chi connectivity index (χ1) is 15.4. The van der Waals surface area contributed by atoms with Crippen LogP contribution in [0.15, 0.2) is 51.8 Å². The van der Waals surface area contributed by atoms with Crippen LogP contribution in [0.25, 0.3) is 0 Å². The lowest BCUT2D eigenvalue weighted by atomic mass is 10.1. The van der Waals surface area contributed by atoms with Gasteiger partial charge in [0, 0.05) is 17.7 Å². The number of fused-ring (bicyclic) bond motifs is 2. The van der Waals surface area contributed by atoms with Crippen LogP contribution in [0.3, 0.4) is 0 Å². The lowest BCUT2D eigenvalue weighted by Crippen LogP contribution is -2.51. The Bertz CT molecular complexity index is 1240. The smallest absolute Gasteiger partial charge is 0.285 e. The third-order valence-electron chi connectivity index (χ3n) is 5.54. The Balaban J connectivity index is 1.28. The first kappa shape index (κ1) is 20.3. The van der Waals surface area contributed by atoms with Gasteiger partial charge in [-0.15, -0.1) is 4.40 Å². The van der Waals surface area contributed by atoms with Gasteiger partial charge >= 0.3 is 0 Å². The molecule has 5 rings (SSSR count). The SMILES string of the molecule is O=C(NNC(=O)[C@@H]1CCCN1C1=NS(=O)(=O)c2ccccc21)c1ccc2c(c1)OCCO2. The molecular formula is C21H20N4O6S. The maximum atomic E-state index is 12.8. The fraction of sp³-hybridized carbons (Fsp3) is 0.286. The van der Waals surface area contributed by atoms with Crippen LogP contribution in [-0.2, 0) is 14.8 Å². The van der Waals surface area contributed by atoms with Gasteiger partial charge in [0.1, 0.15) is 24.2 Å². The first-order valence-electron chi connectivity index (χ1n) is 10.1. The number of benzene rings is 2. The molecule has 0 aromatic heterocycles. The molecule has 0 aliphatic carbocycles. The molecule has 32 heavy (non-hydrogen) atoms. The zero-order valence-corrected chi connectivity index (χ0v) is 17.7. The Labute approximate surface area is 184 Å². The zero-order chi connectivity index (χ0) is 22.3. The van der Waals surface area contributed by atoms with E-state index >= 15 is 0 Å². The molecular weight excluding hydrogens is 436 g/mol. The van der Waals surface area contributed by atoms with E-state index in [1.54, 1.807) is 41.3 Å². The van der Waals surface area contributed by atoms with Crippen molar-refractivity contribution in [2.24, 2.45) is 4.40 Å². The van der Waals surface area contributed by atoms with Gasteiger partial charge in [-0.25, -0.2) is 0 Å². The summed E-state index contributed by atoms with van der Waals surface area (Å²) in [7, 11) is -3.79. The highest BCUT2D eigenvalue weighted by Crippen LogP contribution is 2.32. The zero-order valence-electron chi connectivity index (χ0n) is 16.9. The van der Waals surface area contributed by atoms with Crippen molar-refractivity contribution in [3.8, 4) is 11.5 Å². The summed E-state index contributed by atoms with van der Waals surface area (Å²) >= 11 is 0. The molecule has 1 atom stereocenters. The highest BCUT2D eigenvalue weighted by atomic mass is 32.2. The van der Waals surface area contributed by atoms with E-state index in [1.165, 1.54) is 6.07 Å². The molecule has 2 amide bonds. The second-order valence-corrected chi connectivity index (χ2v) is 9.11. The topological polar surface area (TPSA) is 126 Å². The van der Waals surface area contributed by atoms with Gasteiger partial charge in [0.05, 0.1) is 0 Å². The average molecular weight is 456 g/mol. The molecule has 2 aromatic carbocycles. The number of hydrogen-bond donors (Lipinski definition) is 2. The average Bonchev–Trinajstić information content (AvgIpc) is 3.40. The van der Waals surface area contributed by atoms with Crippen molar-refractivity contribution < 1.29 is 27.5 Å². The predicted octanol–water partition coefficient (Wildman–Crippen LogP) is 0.832. The van der Waals surface area contributed by atoms with Crippen LogP contribution in [0, 0.1) is 0 Å². The minimum absolute atomic E-state index is 0.132. The summed E-state index contributed by atoms with van der Waals surface area (Å²) in [6.45, 7) is 1.33. The van der Waals surface area contributed by atoms with Gasteiger partial charge < -0.3 is 14.4 Å². The lowest BCUT2D eigenvalue weighted by molar-refractivity contribution is -0.125. The molecule has 2 N–H and O–H groups in total. The van der Waals surface area contributed by atoms with Crippen LogP contribution in [0.2, 0.25) is 0 Å². The van der Waals surface area contributed by atoms with Crippen molar-refractivity contribution in [1.29, 1.82) is 0 Å². The molecule has 0 bridgehead atoms. The number of ether oxygens (including phenoxy) is 2. The van der Waals surface area contributed by atoms with Gasteiger partial charge in [0.25, 0.3) is 21.8 Å². The van der Waals surface area contributed by atoms with E-state index in [0.717, 1.165) is 0 Å². The van der Waals surface area contributed by atoms with Crippen LogP contribution in [0.4, 0.5) is 0 Å². The highest BCUT2D eigenvalue weighted by molar-refractivity contribution is 7.90. The van der Waals surface area contributed by atoms with Crippen LogP contribution < -0.4 is 20.3 Å². The number of carbonyl (C=O) groups excluding carboxylic acids is 2. The van der Waals surface area contributed by atoms with Crippen LogP contribution in [0.5, 0.6) is 11.5 Å². The van der Waals surface area contributed by atoms with E-state index in [0.29, 0.717) is 55.2 Å². The number of amides is 2. The molecule has 0 spiro atoms. The minimum Gasteiger partial charge on any atom is -0.486 e. The van der Waals surface area contributed by atoms with E-state index in [1.807, 2.05) is 0 Å². The number of nitrogens with zero attached hydrogens (tertiary/aromatic N) is 2. The van der Waals surface area contributed by atoms with Crippen molar-refractivity contribution in [2.45, 2.75) is 23.8 Å². The van der Waals surface area contributed by atoms with Gasteiger partial charge in [0.2, 0.25) is 0 Å². The van der Waals surface area contributed by atoms with Gasteiger partial charge in [-0.2, -0.15) is 8.42 Å². The van der Waals surface area contributed by atoms with Crippen LogP contribution >= 0.6 is 0 Å². The summed E-state index contributed by atoms with van der Waals surface area (Å²) in [6, 6.07) is 10.6. The normalized spacial score (nSPS) is 20.3. The number of carbonyl (C=O) groups is 2. The van der Waals surface area contributed by atoms with E-state index in [-0.39, 0.29) is 10.7 Å². The molecule has 1 saturated heterocycles.